The minimum Gasteiger partial charge on any atom is -0.427 e. The van der Waals surface area contributed by atoms with Gasteiger partial charge in [0.1, 0.15) is 11.4 Å². The smallest absolute Gasteiger partial charge is 0.321 e. The summed E-state index contributed by atoms with van der Waals surface area (Å²) in [6, 6.07) is 13.7. The molecule has 0 aromatic heterocycles. The predicted molar refractivity (Wildman–Crippen MR) is 136 cm³/mol. The molecule has 1 N–H and O–H groups in total. The monoisotopic (exact) mass is 492 g/mol. The molecule has 2 aliphatic heterocycles. The van der Waals surface area contributed by atoms with Crippen molar-refractivity contribution in [2.75, 3.05) is 23.4 Å². The van der Waals surface area contributed by atoms with Crippen LogP contribution < -0.4 is 19.9 Å². The number of urea groups is 1. The van der Waals surface area contributed by atoms with Crippen molar-refractivity contribution in [2.24, 2.45) is 0 Å². The Morgan fingerprint density at radius 1 is 1.11 bits per heavy atom. The van der Waals surface area contributed by atoms with Crippen LogP contribution >= 0.6 is 0 Å². The Labute approximate surface area is 211 Å². The number of hydrogen-bond acceptors (Lipinski definition) is 5. The van der Waals surface area contributed by atoms with Crippen molar-refractivity contribution in [1.82, 2.24) is 10.2 Å². The lowest BCUT2D eigenvalue weighted by molar-refractivity contribution is -0.134. The summed E-state index contributed by atoms with van der Waals surface area (Å²) in [4.78, 5) is 55.5. The molecule has 1 fully saturated rings. The third-order valence-electron chi connectivity index (χ3n) is 6.68. The van der Waals surface area contributed by atoms with Gasteiger partial charge in [-0.2, -0.15) is 0 Å². The van der Waals surface area contributed by atoms with Gasteiger partial charge in [0.25, 0.3) is 5.91 Å². The average molecular weight is 493 g/mol. The lowest BCUT2D eigenvalue weighted by Crippen LogP contribution is -2.62. The van der Waals surface area contributed by atoms with E-state index in [4.69, 9.17) is 4.74 Å². The molecule has 1 atom stereocenters. The number of nitrogens with one attached hydrogen (secondary N) is 1. The van der Waals surface area contributed by atoms with Gasteiger partial charge in [0.15, 0.2) is 0 Å². The molecule has 0 saturated carbocycles. The highest BCUT2D eigenvalue weighted by molar-refractivity contribution is 6.10. The van der Waals surface area contributed by atoms with Crippen LogP contribution in [0.2, 0.25) is 0 Å². The maximum Gasteiger partial charge on any atom is 0.321 e. The van der Waals surface area contributed by atoms with Crippen LogP contribution in [-0.2, 0) is 9.59 Å². The Hall–Kier alpha value is -3.88. The summed E-state index contributed by atoms with van der Waals surface area (Å²) in [5.74, 6) is -0.168. The topological polar surface area (TPSA) is 99.3 Å². The first-order valence-electron chi connectivity index (χ1n) is 12.2. The molecular formula is C27H32N4O5. The fourth-order valence-electron chi connectivity index (χ4n) is 4.80. The average Bonchev–Trinajstić information content (AvgIpc) is 3.15. The van der Waals surface area contributed by atoms with Crippen LogP contribution in [0.1, 0.15) is 56.8 Å². The quantitative estimate of drug-likeness (QED) is 0.467. The van der Waals surface area contributed by atoms with Gasteiger partial charge in [0, 0.05) is 38.2 Å². The Morgan fingerprint density at radius 3 is 2.50 bits per heavy atom. The minimum absolute atomic E-state index is 0.00219. The molecule has 190 valence electrons. The number of hydrogen-bond donors (Lipinski definition) is 1. The van der Waals surface area contributed by atoms with E-state index in [0.29, 0.717) is 48.5 Å². The second-order valence-electron chi connectivity index (χ2n) is 9.65. The van der Waals surface area contributed by atoms with Gasteiger partial charge in [-0.05, 0) is 70.0 Å². The SMILES string of the molecule is CC(C)NC(=O)N(C)c1ccc(OC(=O)CCCN2C(=O)c3ccccc3N3C(=O)CCC23C)cc1. The zero-order valence-corrected chi connectivity index (χ0v) is 21.1. The predicted octanol–water partition coefficient (Wildman–Crippen LogP) is 3.93. The molecule has 2 aliphatic rings. The number of amides is 4. The van der Waals surface area contributed by atoms with Crippen molar-refractivity contribution in [1.29, 1.82) is 0 Å². The van der Waals surface area contributed by atoms with Crippen molar-refractivity contribution in [3.8, 4) is 5.75 Å². The van der Waals surface area contributed by atoms with Crippen LogP contribution in [0.4, 0.5) is 16.2 Å². The number of carbonyl (C=O) groups is 4. The molecule has 9 heteroatoms. The van der Waals surface area contributed by atoms with E-state index in [0.717, 1.165) is 0 Å². The van der Waals surface area contributed by atoms with E-state index in [1.165, 1.54) is 4.90 Å². The van der Waals surface area contributed by atoms with E-state index in [-0.39, 0.29) is 30.3 Å². The maximum absolute atomic E-state index is 13.3. The summed E-state index contributed by atoms with van der Waals surface area (Å²) in [6.07, 6.45) is 1.45. The summed E-state index contributed by atoms with van der Waals surface area (Å²) < 4.78 is 5.45. The van der Waals surface area contributed by atoms with Gasteiger partial charge in [-0.15, -0.1) is 0 Å². The van der Waals surface area contributed by atoms with Gasteiger partial charge < -0.3 is 15.0 Å². The van der Waals surface area contributed by atoms with Gasteiger partial charge in [-0.3, -0.25) is 24.2 Å². The second kappa shape index (κ2) is 10.0. The highest BCUT2D eigenvalue weighted by atomic mass is 16.5. The lowest BCUT2D eigenvalue weighted by Gasteiger charge is -2.48. The summed E-state index contributed by atoms with van der Waals surface area (Å²) in [5.41, 5.74) is 1.08. The minimum atomic E-state index is -0.740. The second-order valence-corrected chi connectivity index (χ2v) is 9.65. The van der Waals surface area contributed by atoms with Crippen molar-refractivity contribution in [3.63, 3.8) is 0 Å². The number of fused-ring (bicyclic) bond motifs is 3. The lowest BCUT2D eigenvalue weighted by atomic mass is 9.98. The first kappa shape index (κ1) is 25.2. The molecule has 0 bridgehead atoms. The van der Waals surface area contributed by atoms with E-state index >= 15 is 0 Å². The normalized spacial score (nSPS) is 18.7. The number of rotatable bonds is 7. The molecule has 9 nitrogen and oxygen atoms in total. The van der Waals surface area contributed by atoms with Crippen molar-refractivity contribution in [2.45, 2.75) is 58.2 Å². The Balaban J connectivity index is 1.35. The van der Waals surface area contributed by atoms with E-state index in [9.17, 15) is 19.2 Å². The molecule has 2 aromatic carbocycles. The molecule has 2 aromatic rings. The third kappa shape index (κ3) is 4.78. The summed E-state index contributed by atoms with van der Waals surface area (Å²) in [5, 5.41) is 2.82. The molecule has 2 heterocycles. The van der Waals surface area contributed by atoms with Gasteiger partial charge in [0.2, 0.25) is 5.91 Å². The van der Waals surface area contributed by atoms with Gasteiger partial charge in [-0.25, -0.2) is 4.79 Å². The number of anilines is 2. The van der Waals surface area contributed by atoms with Crippen LogP contribution in [0, 0.1) is 0 Å². The largest absolute Gasteiger partial charge is 0.427 e. The van der Waals surface area contributed by atoms with E-state index in [2.05, 4.69) is 5.32 Å². The maximum atomic E-state index is 13.3. The first-order valence-corrected chi connectivity index (χ1v) is 12.2. The van der Waals surface area contributed by atoms with Crippen molar-refractivity contribution >= 4 is 35.2 Å². The van der Waals surface area contributed by atoms with E-state index in [1.54, 1.807) is 53.2 Å². The molecular weight excluding hydrogens is 460 g/mol. The van der Waals surface area contributed by atoms with Gasteiger partial charge in [0.05, 0.1) is 11.3 Å². The number of ether oxygens (including phenoxy) is 1. The number of benzene rings is 2. The zero-order chi connectivity index (χ0) is 26.0. The molecule has 36 heavy (non-hydrogen) atoms. The van der Waals surface area contributed by atoms with Crippen LogP contribution in [0.25, 0.3) is 0 Å². The summed E-state index contributed by atoms with van der Waals surface area (Å²) >= 11 is 0. The van der Waals surface area contributed by atoms with Crippen LogP contribution in [0.15, 0.2) is 48.5 Å². The van der Waals surface area contributed by atoms with Crippen LogP contribution in [0.3, 0.4) is 0 Å². The van der Waals surface area contributed by atoms with Crippen LogP contribution in [0.5, 0.6) is 5.75 Å². The number of para-hydroxylation sites is 1. The summed E-state index contributed by atoms with van der Waals surface area (Å²) in [6.45, 7) is 6.01. The van der Waals surface area contributed by atoms with Crippen molar-refractivity contribution < 1.29 is 23.9 Å². The molecule has 4 amide bonds. The fraction of sp³-hybridized carbons (Fsp3) is 0.407. The number of nitrogens with zero attached hydrogens (tertiary/aromatic N) is 3. The molecule has 4 rings (SSSR count). The number of carbonyl (C=O) groups excluding carboxylic acids is 4. The molecule has 0 spiro atoms. The highest BCUT2D eigenvalue weighted by Gasteiger charge is 2.52. The van der Waals surface area contributed by atoms with Gasteiger partial charge in [-0.1, -0.05) is 12.1 Å². The molecule has 1 saturated heterocycles. The Bertz CT molecular complexity index is 1180. The zero-order valence-electron chi connectivity index (χ0n) is 21.1. The first-order chi connectivity index (χ1) is 17.1. The van der Waals surface area contributed by atoms with E-state index in [1.807, 2.05) is 32.9 Å². The third-order valence-corrected chi connectivity index (χ3v) is 6.68. The summed E-state index contributed by atoms with van der Waals surface area (Å²) in [7, 11) is 1.67. The van der Waals surface area contributed by atoms with Crippen LogP contribution in [-0.4, -0.2) is 54.0 Å². The fourth-order valence-corrected chi connectivity index (χ4v) is 4.80. The molecule has 0 aliphatic carbocycles. The van der Waals surface area contributed by atoms with Gasteiger partial charge >= 0.3 is 12.0 Å². The highest BCUT2D eigenvalue weighted by Crippen LogP contribution is 2.44. The Kier molecular flexibility index (Phi) is 7.01. The van der Waals surface area contributed by atoms with Crippen molar-refractivity contribution in [3.05, 3.63) is 54.1 Å². The Morgan fingerprint density at radius 2 is 1.81 bits per heavy atom. The number of esters is 1. The molecule has 0 radical (unpaired) electrons. The molecule has 1 unspecified atom stereocenters. The van der Waals surface area contributed by atoms with E-state index < -0.39 is 11.6 Å². The standard InChI is InChI=1S/C27H32N4O5/c1-18(2)28-26(35)29(4)19-11-13-20(14-12-19)36-24(33)10-7-17-30-25(34)21-8-5-6-9-22(21)31-23(32)15-16-27(30,31)3/h5-6,8-9,11-14,18H,7,10,15-17H2,1-4H3,(H,28,35).